The van der Waals surface area contributed by atoms with Crippen LogP contribution in [0.1, 0.15) is 77.0 Å². The minimum absolute atomic E-state index is 0.183. The number of fused-ring (bicyclic) bond motifs is 1. The van der Waals surface area contributed by atoms with Gasteiger partial charge in [-0.2, -0.15) is 0 Å². The Bertz CT molecular complexity index is 534. The Labute approximate surface area is 170 Å². The topological polar surface area (TPSA) is 43.9 Å². The Morgan fingerprint density at radius 1 is 0.679 bits per heavy atom. The molecular formula is C23H39N3O2. The van der Waals surface area contributed by atoms with Crippen LogP contribution in [0.5, 0.6) is 0 Å². The standard InChI is InChI=1S/C23H39N3O2/c27-22(26-15-7-9-19-8-3-4-10-21(19)26)18-24-16-11-20(12-17-24)23(28)25-13-5-1-2-6-14-25/h19-21H,1-18H2. The van der Waals surface area contributed by atoms with Crippen LogP contribution in [-0.4, -0.2) is 71.8 Å². The molecular weight excluding hydrogens is 350 g/mol. The molecule has 1 saturated carbocycles. The highest BCUT2D eigenvalue weighted by Gasteiger charge is 2.36. The zero-order valence-electron chi connectivity index (χ0n) is 17.6. The minimum Gasteiger partial charge on any atom is -0.342 e. The van der Waals surface area contributed by atoms with Crippen LogP contribution in [0.2, 0.25) is 0 Å². The molecule has 3 aliphatic heterocycles. The van der Waals surface area contributed by atoms with Crippen LogP contribution in [0.4, 0.5) is 0 Å². The van der Waals surface area contributed by atoms with Crippen LogP contribution in [-0.2, 0) is 9.59 Å². The first kappa shape index (κ1) is 20.2. The van der Waals surface area contributed by atoms with Crippen molar-refractivity contribution in [3.8, 4) is 0 Å². The largest absolute Gasteiger partial charge is 0.342 e. The van der Waals surface area contributed by atoms with Gasteiger partial charge in [0.2, 0.25) is 11.8 Å². The molecule has 0 aromatic heterocycles. The summed E-state index contributed by atoms with van der Waals surface area (Å²) >= 11 is 0. The molecule has 4 aliphatic rings. The predicted octanol–water partition coefficient (Wildman–Crippen LogP) is 3.28. The monoisotopic (exact) mass is 389 g/mol. The molecule has 28 heavy (non-hydrogen) atoms. The molecule has 0 spiro atoms. The van der Waals surface area contributed by atoms with Gasteiger partial charge in [-0.3, -0.25) is 14.5 Å². The van der Waals surface area contributed by atoms with E-state index in [9.17, 15) is 9.59 Å². The fourth-order valence-corrected chi connectivity index (χ4v) is 6.10. The first-order valence-electron chi connectivity index (χ1n) is 12.0. The summed E-state index contributed by atoms with van der Waals surface area (Å²) < 4.78 is 0. The van der Waals surface area contributed by atoms with E-state index in [-0.39, 0.29) is 5.92 Å². The van der Waals surface area contributed by atoms with Crippen LogP contribution < -0.4 is 0 Å². The first-order valence-corrected chi connectivity index (χ1v) is 12.0. The van der Waals surface area contributed by atoms with Crippen molar-refractivity contribution in [2.75, 3.05) is 39.3 Å². The maximum atomic E-state index is 13.0. The van der Waals surface area contributed by atoms with E-state index in [0.29, 0.717) is 24.4 Å². The van der Waals surface area contributed by atoms with Crippen molar-refractivity contribution < 1.29 is 9.59 Å². The van der Waals surface area contributed by atoms with Gasteiger partial charge in [0.15, 0.2) is 0 Å². The van der Waals surface area contributed by atoms with Crippen molar-refractivity contribution in [1.82, 2.24) is 14.7 Å². The highest BCUT2D eigenvalue weighted by molar-refractivity contribution is 5.80. The smallest absolute Gasteiger partial charge is 0.237 e. The van der Waals surface area contributed by atoms with E-state index in [1.807, 2.05) is 0 Å². The second-order valence-electron chi connectivity index (χ2n) is 9.63. The molecule has 1 aliphatic carbocycles. The third-order valence-electron chi connectivity index (χ3n) is 7.78. The average molecular weight is 390 g/mol. The van der Waals surface area contributed by atoms with Gasteiger partial charge in [-0.1, -0.05) is 25.7 Å². The van der Waals surface area contributed by atoms with Gasteiger partial charge in [0.25, 0.3) is 0 Å². The summed E-state index contributed by atoms with van der Waals surface area (Å²) in [7, 11) is 0. The van der Waals surface area contributed by atoms with E-state index < -0.39 is 0 Å². The van der Waals surface area contributed by atoms with Gasteiger partial charge in [-0.15, -0.1) is 0 Å². The molecule has 158 valence electrons. The molecule has 3 saturated heterocycles. The van der Waals surface area contributed by atoms with E-state index in [2.05, 4.69) is 14.7 Å². The van der Waals surface area contributed by atoms with Crippen LogP contribution in [0.15, 0.2) is 0 Å². The third-order valence-corrected chi connectivity index (χ3v) is 7.78. The highest BCUT2D eigenvalue weighted by Crippen LogP contribution is 2.35. The average Bonchev–Trinajstić information content (AvgIpc) is 3.03. The lowest BCUT2D eigenvalue weighted by Crippen LogP contribution is -2.53. The van der Waals surface area contributed by atoms with Crippen LogP contribution in [0.25, 0.3) is 0 Å². The summed E-state index contributed by atoms with van der Waals surface area (Å²) in [6, 6.07) is 0.511. The van der Waals surface area contributed by atoms with Gasteiger partial charge in [-0.05, 0) is 70.4 Å². The number of carbonyl (C=O) groups is 2. The first-order chi connectivity index (χ1) is 13.7. The molecule has 3 heterocycles. The van der Waals surface area contributed by atoms with E-state index in [1.165, 1.54) is 51.4 Å². The van der Waals surface area contributed by atoms with Crippen LogP contribution in [0.3, 0.4) is 0 Å². The maximum Gasteiger partial charge on any atom is 0.237 e. The van der Waals surface area contributed by atoms with Crippen molar-refractivity contribution in [2.24, 2.45) is 11.8 Å². The number of amides is 2. The van der Waals surface area contributed by atoms with Gasteiger partial charge < -0.3 is 9.80 Å². The zero-order valence-corrected chi connectivity index (χ0v) is 17.6. The number of nitrogens with zero attached hydrogens (tertiary/aromatic N) is 3. The Morgan fingerprint density at radius 3 is 2.11 bits per heavy atom. The van der Waals surface area contributed by atoms with Gasteiger partial charge in [0, 0.05) is 31.6 Å². The van der Waals surface area contributed by atoms with Crippen molar-refractivity contribution >= 4 is 11.8 Å². The summed E-state index contributed by atoms with van der Waals surface area (Å²) in [6.07, 6.45) is 14.4. The zero-order chi connectivity index (χ0) is 19.3. The quantitative estimate of drug-likeness (QED) is 0.744. The third kappa shape index (κ3) is 4.72. The number of hydrogen-bond donors (Lipinski definition) is 0. The van der Waals surface area contributed by atoms with Gasteiger partial charge in [0.1, 0.15) is 0 Å². The summed E-state index contributed by atoms with van der Waals surface area (Å²) in [5.41, 5.74) is 0. The Kier molecular flexibility index (Phi) is 6.92. The Morgan fingerprint density at radius 2 is 1.36 bits per heavy atom. The minimum atomic E-state index is 0.183. The molecule has 4 fully saturated rings. The number of rotatable bonds is 3. The lowest BCUT2D eigenvalue weighted by molar-refractivity contribution is -0.140. The molecule has 5 nitrogen and oxygen atoms in total. The molecule has 5 heteroatoms. The number of hydrogen-bond acceptors (Lipinski definition) is 3. The molecule has 0 aromatic carbocycles. The normalized spacial score (nSPS) is 30.6. The van der Waals surface area contributed by atoms with Crippen molar-refractivity contribution in [1.29, 1.82) is 0 Å². The molecule has 4 rings (SSSR count). The van der Waals surface area contributed by atoms with Gasteiger partial charge in [0.05, 0.1) is 6.54 Å². The lowest BCUT2D eigenvalue weighted by atomic mass is 9.78. The fraction of sp³-hybridized carbons (Fsp3) is 0.913. The molecule has 2 atom stereocenters. The number of piperidine rings is 2. The number of likely N-dealkylation sites (tertiary alicyclic amines) is 3. The maximum absolute atomic E-state index is 13.0. The van der Waals surface area contributed by atoms with Crippen molar-refractivity contribution in [2.45, 2.75) is 83.1 Å². The van der Waals surface area contributed by atoms with E-state index >= 15 is 0 Å². The van der Waals surface area contributed by atoms with Gasteiger partial charge in [-0.25, -0.2) is 0 Å². The number of carbonyl (C=O) groups excluding carboxylic acids is 2. The van der Waals surface area contributed by atoms with Crippen molar-refractivity contribution in [3.05, 3.63) is 0 Å². The van der Waals surface area contributed by atoms with E-state index in [4.69, 9.17) is 0 Å². The van der Waals surface area contributed by atoms with Crippen molar-refractivity contribution in [3.63, 3.8) is 0 Å². The SMILES string of the molecule is O=C(C1CCN(CC(=O)N2CCCC3CCCCC32)CC1)N1CCCCCC1. The van der Waals surface area contributed by atoms with E-state index in [0.717, 1.165) is 64.3 Å². The van der Waals surface area contributed by atoms with Crippen LogP contribution >= 0.6 is 0 Å². The Hall–Kier alpha value is -1.10. The highest BCUT2D eigenvalue weighted by atomic mass is 16.2. The summed E-state index contributed by atoms with van der Waals surface area (Å²) in [6.45, 7) is 5.23. The summed E-state index contributed by atoms with van der Waals surface area (Å²) in [5.74, 6) is 1.66. The second kappa shape index (κ2) is 9.60. The summed E-state index contributed by atoms with van der Waals surface area (Å²) in [4.78, 5) is 32.6. The molecule has 0 bridgehead atoms. The predicted molar refractivity (Wildman–Crippen MR) is 111 cm³/mol. The molecule has 0 radical (unpaired) electrons. The lowest BCUT2D eigenvalue weighted by Gasteiger charge is -2.45. The molecule has 0 N–H and O–H groups in total. The molecule has 0 aromatic rings. The molecule has 2 amide bonds. The Balaban J connectivity index is 1.24. The summed E-state index contributed by atoms with van der Waals surface area (Å²) in [5, 5.41) is 0. The van der Waals surface area contributed by atoms with Crippen LogP contribution in [0, 0.1) is 11.8 Å². The second-order valence-corrected chi connectivity index (χ2v) is 9.63. The fourth-order valence-electron chi connectivity index (χ4n) is 6.10. The molecule has 2 unspecified atom stereocenters. The van der Waals surface area contributed by atoms with Gasteiger partial charge >= 0.3 is 0 Å². The van der Waals surface area contributed by atoms with E-state index in [1.54, 1.807) is 0 Å².